The molecule has 0 bridgehead atoms. The molecule has 0 spiro atoms. The summed E-state index contributed by atoms with van der Waals surface area (Å²) in [6.07, 6.45) is 0.553. The van der Waals surface area contributed by atoms with Crippen LogP contribution in [0, 0.1) is 18.8 Å². The topological polar surface area (TPSA) is 57.6 Å². The molecule has 0 saturated carbocycles. The smallest absolute Gasteiger partial charge is 0.306 e. The fraction of sp³-hybridized carbons (Fsp3) is 0.500. The number of carbonyl (C=O) groups excluding carboxylic acids is 1. The third-order valence-electron chi connectivity index (χ3n) is 3.96. The van der Waals surface area contributed by atoms with E-state index in [1.165, 1.54) is 17.3 Å². The normalized spacial score (nSPS) is 22.1. The number of carboxylic acids is 1. The molecule has 1 N–H and O–H groups in total. The van der Waals surface area contributed by atoms with E-state index in [0.717, 1.165) is 4.90 Å². The standard InChI is InChI=1S/C16H21NO3S/c1-11-3-5-13(6-4-11)21-10-15(18)17-8-7-14(16(19)20)12(2)9-17/h3-6,12,14H,7-10H2,1-2H3,(H,19,20). The highest BCUT2D eigenvalue weighted by Gasteiger charge is 2.32. The summed E-state index contributed by atoms with van der Waals surface area (Å²) in [7, 11) is 0. The highest BCUT2D eigenvalue weighted by Crippen LogP contribution is 2.25. The van der Waals surface area contributed by atoms with Crippen LogP contribution in [0.5, 0.6) is 0 Å². The van der Waals surface area contributed by atoms with Crippen molar-refractivity contribution in [2.75, 3.05) is 18.8 Å². The molecule has 5 heteroatoms. The van der Waals surface area contributed by atoms with Crippen LogP contribution in [0.2, 0.25) is 0 Å². The monoisotopic (exact) mass is 307 g/mol. The van der Waals surface area contributed by atoms with Crippen LogP contribution >= 0.6 is 11.8 Å². The molecule has 2 rings (SSSR count). The van der Waals surface area contributed by atoms with E-state index < -0.39 is 5.97 Å². The van der Waals surface area contributed by atoms with Gasteiger partial charge in [-0.1, -0.05) is 24.6 Å². The lowest BCUT2D eigenvalue weighted by Gasteiger charge is -2.34. The Morgan fingerprint density at radius 2 is 2.00 bits per heavy atom. The molecule has 1 fully saturated rings. The minimum atomic E-state index is -0.747. The van der Waals surface area contributed by atoms with E-state index in [1.54, 1.807) is 4.90 Å². The van der Waals surface area contributed by atoms with Gasteiger partial charge in [0.05, 0.1) is 11.7 Å². The van der Waals surface area contributed by atoms with Crippen LogP contribution in [-0.4, -0.2) is 40.7 Å². The fourth-order valence-corrected chi connectivity index (χ4v) is 3.41. The maximum Gasteiger partial charge on any atom is 0.306 e. The van der Waals surface area contributed by atoms with Crippen molar-refractivity contribution in [3.05, 3.63) is 29.8 Å². The number of hydrogen-bond donors (Lipinski definition) is 1. The van der Waals surface area contributed by atoms with Gasteiger partial charge in [-0.2, -0.15) is 0 Å². The van der Waals surface area contributed by atoms with Gasteiger partial charge in [0.15, 0.2) is 0 Å². The van der Waals surface area contributed by atoms with Crippen LogP contribution < -0.4 is 0 Å². The molecule has 21 heavy (non-hydrogen) atoms. The predicted molar refractivity (Wildman–Crippen MR) is 83.4 cm³/mol. The third-order valence-corrected chi connectivity index (χ3v) is 4.96. The molecule has 0 aliphatic carbocycles. The van der Waals surface area contributed by atoms with E-state index in [1.807, 2.05) is 38.1 Å². The van der Waals surface area contributed by atoms with Crippen LogP contribution in [0.15, 0.2) is 29.2 Å². The van der Waals surface area contributed by atoms with Gasteiger partial charge in [-0.05, 0) is 31.4 Å². The quantitative estimate of drug-likeness (QED) is 0.869. The molecular formula is C16H21NO3S. The van der Waals surface area contributed by atoms with Crippen LogP contribution in [0.4, 0.5) is 0 Å². The Bertz CT molecular complexity index is 515. The summed E-state index contributed by atoms with van der Waals surface area (Å²) in [5.74, 6) is -0.545. The Morgan fingerprint density at radius 1 is 1.33 bits per heavy atom. The number of amides is 1. The molecule has 0 radical (unpaired) electrons. The highest BCUT2D eigenvalue weighted by atomic mass is 32.2. The van der Waals surface area contributed by atoms with Crippen molar-refractivity contribution in [1.29, 1.82) is 0 Å². The first kappa shape index (κ1) is 15.9. The fourth-order valence-electron chi connectivity index (χ4n) is 2.61. The van der Waals surface area contributed by atoms with Gasteiger partial charge in [-0.3, -0.25) is 9.59 Å². The van der Waals surface area contributed by atoms with Crippen molar-refractivity contribution >= 4 is 23.6 Å². The number of carboxylic acid groups (broad SMARTS) is 1. The molecule has 1 aromatic rings. The number of carbonyl (C=O) groups is 2. The Balaban J connectivity index is 1.84. The number of aryl methyl sites for hydroxylation is 1. The van der Waals surface area contributed by atoms with Crippen molar-refractivity contribution in [3.8, 4) is 0 Å². The summed E-state index contributed by atoms with van der Waals surface area (Å²) in [4.78, 5) is 26.2. The van der Waals surface area contributed by atoms with Crippen molar-refractivity contribution in [1.82, 2.24) is 4.90 Å². The van der Waals surface area contributed by atoms with Gasteiger partial charge in [0, 0.05) is 18.0 Å². The van der Waals surface area contributed by atoms with Gasteiger partial charge in [0.1, 0.15) is 0 Å². The van der Waals surface area contributed by atoms with Crippen molar-refractivity contribution in [3.63, 3.8) is 0 Å². The average Bonchev–Trinajstić information content (AvgIpc) is 2.45. The first-order chi connectivity index (χ1) is 9.97. The number of likely N-dealkylation sites (tertiary alicyclic amines) is 1. The summed E-state index contributed by atoms with van der Waals surface area (Å²) >= 11 is 1.53. The molecule has 1 amide bonds. The van der Waals surface area contributed by atoms with Crippen molar-refractivity contribution < 1.29 is 14.7 Å². The van der Waals surface area contributed by atoms with Crippen molar-refractivity contribution in [2.24, 2.45) is 11.8 Å². The predicted octanol–water partition coefficient (Wildman–Crippen LogP) is 2.66. The largest absolute Gasteiger partial charge is 0.481 e. The molecule has 1 aromatic carbocycles. The van der Waals surface area contributed by atoms with E-state index in [4.69, 9.17) is 5.11 Å². The lowest BCUT2D eigenvalue weighted by atomic mass is 9.87. The first-order valence-corrected chi connectivity index (χ1v) is 8.16. The first-order valence-electron chi connectivity index (χ1n) is 7.17. The molecule has 114 valence electrons. The van der Waals surface area contributed by atoms with Crippen LogP contribution in [0.1, 0.15) is 18.9 Å². The van der Waals surface area contributed by atoms with E-state index in [2.05, 4.69) is 0 Å². The SMILES string of the molecule is Cc1ccc(SCC(=O)N2CCC(C(=O)O)C(C)C2)cc1. The molecule has 1 heterocycles. The Labute approximate surface area is 129 Å². The molecule has 1 aliphatic heterocycles. The second kappa shape index (κ2) is 6.98. The number of hydrogen-bond acceptors (Lipinski definition) is 3. The van der Waals surface area contributed by atoms with Crippen LogP contribution in [0.3, 0.4) is 0 Å². The Kier molecular flexibility index (Phi) is 5.28. The van der Waals surface area contributed by atoms with Crippen molar-refractivity contribution in [2.45, 2.75) is 25.2 Å². The summed E-state index contributed by atoms with van der Waals surface area (Å²) in [5.41, 5.74) is 1.20. The molecule has 0 aromatic heterocycles. The number of piperidine rings is 1. The lowest BCUT2D eigenvalue weighted by Crippen LogP contribution is -2.45. The Hall–Kier alpha value is -1.49. The maximum absolute atomic E-state index is 12.2. The maximum atomic E-state index is 12.2. The molecule has 1 saturated heterocycles. The second-order valence-corrected chi connectivity index (χ2v) is 6.70. The molecular weight excluding hydrogens is 286 g/mol. The zero-order valence-corrected chi connectivity index (χ0v) is 13.2. The van der Waals surface area contributed by atoms with E-state index in [9.17, 15) is 9.59 Å². The number of aliphatic carboxylic acids is 1. The lowest BCUT2D eigenvalue weighted by molar-refractivity contribution is -0.147. The number of benzene rings is 1. The van der Waals surface area contributed by atoms with Gasteiger partial charge < -0.3 is 10.0 Å². The summed E-state index contributed by atoms with van der Waals surface area (Å²) < 4.78 is 0. The van der Waals surface area contributed by atoms with Gasteiger partial charge in [0.25, 0.3) is 0 Å². The van der Waals surface area contributed by atoms with E-state index in [-0.39, 0.29) is 17.7 Å². The third kappa shape index (κ3) is 4.24. The molecule has 2 atom stereocenters. The zero-order chi connectivity index (χ0) is 15.4. The van der Waals surface area contributed by atoms with E-state index >= 15 is 0 Å². The van der Waals surface area contributed by atoms with Crippen LogP contribution in [0.25, 0.3) is 0 Å². The van der Waals surface area contributed by atoms with E-state index in [0.29, 0.717) is 25.3 Å². The number of nitrogens with zero attached hydrogens (tertiary/aromatic N) is 1. The second-order valence-electron chi connectivity index (χ2n) is 5.65. The Morgan fingerprint density at radius 3 is 2.57 bits per heavy atom. The summed E-state index contributed by atoms with van der Waals surface area (Å²) in [5, 5.41) is 9.10. The zero-order valence-electron chi connectivity index (χ0n) is 12.4. The molecule has 1 aliphatic rings. The van der Waals surface area contributed by atoms with Gasteiger partial charge in [-0.15, -0.1) is 11.8 Å². The summed E-state index contributed by atoms with van der Waals surface area (Å²) in [6, 6.07) is 8.11. The highest BCUT2D eigenvalue weighted by molar-refractivity contribution is 8.00. The minimum absolute atomic E-state index is 0.0181. The number of thioether (sulfide) groups is 1. The number of rotatable bonds is 4. The molecule has 4 nitrogen and oxygen atoms in total. The van der Waals surface area contributed by atoms with Gasteiger partial charge in [0.2, 0.25) is 5.91 Å². The minimum Gasteiger partial charge on any atom is -0.481 e. The van der Waals surface area contributed by atoms with Gasteiger partial charge >= 0.3 is 5.97 Å². The van der Waals surface area contributed by atoms with Crippen LogP contribution in [-0.2, 0) is 9.59 Å². The molecule has 2 unspecified atom stereocenters. The average molecular weight is 307 g/mol. The van der Waals surface area contributed by atoms with Gasteiger partial charge in [-0.25, -0.2) is 0 Å². The summed E-state index contributed by atoms with van der Waals surface area (Å²) in [6.45, 7) is 5.04.